The average Bonchev–Trinajstić information content (AvgIpc) is 3.12. The second kappa shape index (κ2) is 10.4. The lowest BCUT2D eigenvalue weighted by atomic mass is 10.0. The summed E-state index contributed by atoms with van der Waals surface area (Å²) in [6.45, 7) is 12.1. The topological polar surface area (TPSA) is 72.3 Å². The first kappa shape index (κ1) is 24.0. The molecule has 34 heavy (non-hydrogen) atoms. The summed E-state index contributed by atoms with van der Waals surface area (Å²) in [5, 5.41) is 12.2. The van der Waals surface area contributed by atoms with Crippen LogP contribution in [0, 0.1) is 19.8 Å². The summed E-state index contributed by atoms with van der Waals surface area (Å²) in [5.74, 6) is 2.60. The maximum absolute atomic E-state index is 13.0. The van der Waals surface area contributed by atoms with Gasteiger partial charge >= 0.3 is 0 Å². The average molecular weight is 462 g/mol. The molecule has 7 heteroatoms. The molecular weight excluding hydrogens is 426 g/mol. The molecule has 0 bridgehead atoms. The van der Waals surface area contributed by atoms with E-state index in [0.29, 0.717) is 5.56 Å². The third kappa shape index (κ3) is 5.30. The Kier molecular flexibility index (Phi) is 7.32. The van der Waals surface area contributed by atoms with Gasteiger partial charge in [-0.3, -0.25) is 9.69 Å². The lowest BCUT2D eigenvalue weighted by molar-refractivity contribution is 0.0921. The van der Waals surface area contributed by atoms with E-state index in [1.165, 1.54) is 16.7 Å². The van der Waals surface area contributed by atoms with Crippen molar-refractivity contribution in [2.24, 2.45) is 5.92 Å². The van der Waals surface area contributed by atoms with Crippen molar-refractivity contribution in [2.75, 3.05) is 20.2 Å². The van der Waals surface area contributed by atoms with Gasteiger partial charge in [-0.1, -0.05) is 32.0 Å². The van der Waals surface area contributed by atoms with Gasteiger partial charge in [-0.2, -0.15) is 0 Å². The second-order valence-electron chi connectivity index (χ2n) is 9.49. The van der Waals surface area contributed by atoms with E-state index in [4.69, 9.17) is 4.74 Å². The van der Waals surface area contributed by atoms with E-state index in [1.807, 2.05) is 0 Å². The lowest BCUT2D eigenvalue weighted by Gasteiger charge is -2.23. The van der Waals surface area contributed by atoms with Gasteiger partial charge in [0, 0.05) is 38.2 Å². The molecule has 0 fully saturated rings. The number of amides is 1. The molecule has 0 saturated carbocycles. The van der Waals surface area contributed by atoms with Gasteiger partial charge in [-0.05, 0) is 60.7 Å². The molecule has 7 nitrogen and oxygen atoms in total. The first-order chi connectivity index (χ1) is 16.4. The molecule has 4 rings (SSSR count). The van der Waals surface area contributed by atoms with E-state index in [9.17, 15) is 4.79 Å². The van der Waals surface area contributed by atoms with Crippen LogP contribution in [0.5, 0.6) is 5.75 Å². The van der Waals surface area contributed by atoms with Gasteiger partial charge in [0.15, 0.2) is 5.82 Å². The van der Waals surface area contributed by atoms with Crippen LogP contribution in [0.2, 0.25) is 0 Å². The maximum atomic E-state index is 13.0. The van der Waals surface area contributed by atoms with Crippen LogP contribution in [0.3, 0.4) is 0 Å². The molecule has 2 heterocycles. The predicted octanol–water partition coefficient (Wildman–Crippen LogP) is 4.09. The number of nitrogens with one attached hydrogen (secondary N) is 1. The molecule has 180 valence electrons. The zero-order chi connectivity index (χ0) is 24.2. The van der Waals surface area contributed by atoms with Crippen LogP contribution in [0.1, 0.15) is 58.6 Å². The van der Waals surface area contributed by atoms with E-state index in [2.05, 4.69) is 70.9 Å². The highest BCUT2D eigenvalue weighted by atomic mass is 16.5. The minimum absolute atomic E-state index is 0.122. The van der Waals surface area contributed by atoms with Gasteiger partial charge in [0.1, 0.15) is 11.6 Å². The number of hydrogen-bond acceptors (Lipinski definition) is 5. The summed E-state index contributed by atoms with van der Waals surface area (Å²) in [4.78, 5) is 15.5. The molecule has 0 radical (unpaired) electrons. The Hall–Kier alpha value is -3.19. The smallest absolute Gasteiger partial charge is 0.251 e. The Balaban J connectivity index is 1.47. The molecule has 3 aromatic rings. The largest absolute Gasteiger partial charge is 0.497 e. The maximum Gasteiger partial charge on any atom is 0.251 e. The summed E-state index contributed by atoms with van der Waals surface area (Å²) in [6.07, 6.45) is 0.842. The highest BCUT2D eigenvalue weighted by Crippen LogP contribution is 2.24. The summed E-state index contributed by atoms with van der Waals surface area (Å²) in [7, 11) is 1.61. The monoisotopic (exact) mass is 461 g/mol. The first-order valence-electron chi connectivity index (χ1n) is 12.0. The summed E-state index contributed by atoms with van der Waals surface area (Å²) in [5.41, 5.74) is 4.60. The number of carbonyl (C=O) groups is 1. The predicted molar refractivity (Wildman–Crippen MR) is 133 cm³/mol. The van der Waals surface area contributed by atoms with E-state index < -0.39 is 0 Å². The minimum atomic E-state index is -0.220. The van der Waals surface area contributed by atoms with Crippen molar-refractivity contribution < 1.29 is 9.53 Å². The molecule has 2 aromatic carbocycles. The third-order valence-electron chi connectivity index (χ3n) is 6.71. The molecule has 1 atom stereocenters. The number of aryl methyl sites for hydroxylation is 2. The highest BCUT2D eigenvalue weighted by Gasteiger charge is 2.28. The Morgan fingerprint density at radius 2 is 1.79 bits per heavy atom. The van der Waals surface area contributed by atoms with Crippen molar-refractivity contribution in [1.82, 2.24) is 25.0 Å². The van der Waals surface area contributed by atoms with Crippen molar-refractivity contribution in [1.29, 1.82) is 0 Å². The van der Waals surface area contributed by atoms with E-state index >= 15 is 0 Å². The Bertz CT molecular complexity index is 1140. The molecule has 1 N–H and O–H groups in total. The Morgan fingerprint density at radius 3 is 2.47 bits per heavy atom. The number of nitrogens with zero attached hydrogens (tertiary/aromatic N) is 4. The highest BCUT2D eigenvalue weighted by molar-refractivity contribution is 5.94. The number of fused-ring (bicyclic) bond motifs is 1. The molecule has 1 aliphatic rings. The number of methoxy groups -OCH3 is 1. The Morgan fingerprint density at radius 1 is 1.03 bits per heavy atom. The van der Waals surface area contributed by atoms with Crippen LogP contribution in [0.4, 0.5) is 0 Å². The molecule has 0 aliphatic carbocycles. The first-order valence-corrected chi connectivity index (χ1v) is 12.0. The fourth-order valence-corrected chi connectivity index (χ4v) is 4.43. The van der Waals surface area contributed by atoms with Crippen LogP contribution >= 0.6 is 0 Å². The quantitative estimate of drug-likeness (QED) is 0.574. The zero-order valence-electron chi connectivity index (χ0n) is 20.8. The fraction of sp³-hybridized carbons (Fsp3) is 0.444. The van der Waals surface area contributed by atoms with Crippen LogP contribution in [0.15, 0.2) is 42.5 Å². The fourth-order valence-electron chi connectivity index (χ4n) is 4.43. The number of ether oxygens (including phenoxy) is 1. The molecule has 0 saturated heterocycles. The number of benzene rings is 2. The van der Waals surface area contributed by atoms with Crippen molar-refractivity contribution >= 4 is 5.91 Å². The van der Waals surface area contributed by atoms with E-state index in [0.717, 1.165) is 50.0 Å². The second-order valence-corrected chi connectivity index (χ2v) is 9.49. The van der Waals surface area contributed by atoms with Crippen LogP contribution in [-0.4, -0.2) is 45.8 Å². The third-order valence-corrected chi connectivity index (χ3v) is 6.71. The van der Waals surface area contributed by atoms with Gasteiger partial charge in [0.05, 0.1) is 13.2 Å². The minimum Gasteiger partial charge on any atom is -0.497 e. The normalized spacial score (nSPS) is 15.0. The van der Waals surface area contributed by atoms with Gasteiger partial charge < -0.3 is 14.6 Å². The van der Waals surface area contributed by atoms with Gasteiger partial charge in [-0.25, -0.2) is 0 Å². The number of hydrogen-bond donors (Lipinski definition) is 1. The van der Waals surface area contributed by atoms with Gasteiger partial charge in [0.2, 0.25) is 0 Å². The van der Waals surface area contributed by atoms with Crippen molar-refractivity contribution in [2.45, 2.75) is 53.2 Å². The molecule has 1 aliphatic heterocycles. The van der Waals surface area contributed by atoms with E-state index in [-0.39, 0.29) is 17.9 Å². The number of aromatic nitrogens is 3. The van der Waals surface area contributed by atoms with Gasteiger partial charge in [0.25, 0.3) is 5.91 Å². The molecule has 0 spiro atoms. The van der Waals surface area contributed by atoms with E-state index in [1.54, 1.807) is 31.4 Å². The van der Waals surface area contributed by atoms with Gasteiger partial charge in [-0.15, -0.1) is 10.2 Å². The number of carbonyl (C=O) groups excluding carboxylic acids is 1. The van der Waals surface area contributed by atoms with Crippen molar-refractivity contribution in [3.8, 4) is 5.75 Å². The zero-order valence-corrected chi connectivity index (χ0v) is 20.8. The Labute approximate surface area is 202 Å². The molecule has 1 aromatic heterocycles. The lowest BCUT2D eigenvalue weighted by Crippen LogP contribution is -2.34. The van der Waals surface area contributed by atoms with Crippen LogP contribution in [0.25, 0.3) is 0 Å². The molecule has 1 unspecified atom stereocenters. The standard InChI is InChI=1S/C27H35N5O2/c1-18(2)25(28-27(33)22-8-10-23(34-5)11-9-22)26-30-29-24-12-13-31(14-15-32(24)26)17-21-7-6-19(3)20(4)16-21/h6-11,16,18,25H,12-15,17H2,1-5H3,(H,28,33). The van der Waals surface area contributed by atoms with Crippen molar-refractivity contribution in [3.63, 3.8) is 0 Å². The van der Waals surface area contributed by atoms with Crippen LogP contribution in [-0.2, 0) is 19.5 Å². The van der Waals surface area contributed by atoms with Crippen LogP contribution < -0.4 is 10.1 Å². The number of rotatable bonds is 7. The summed E-state index contributed by atoms with van der Waals surface area (Å²) in [6, 6.07) is 13.6. The summed E-state index contributed by atoms with van der Waals surface area (Å²) >= 11 is 0. The SMILES string of the molecule is COc1ccc(C(=O)NC(c2nnc3n2CCN(Cc2ccc(C)c(C)c2)CC3)C(C)C)cc1. The molecule has 1 amide bonds. The summed E-state index contributed by atoms with van der Waals surface area (Å²) < 4.78 is 7.41. The van der Waals surface area contributed by atoms with Crippen molar-refractivity contribution in [3.05, 3.63) is 76.4 Å². The molecular formula is C27H35N5O2.